The van der Waals surface area contributed by atoms with E-state index in [2.05, 4.69) is 4.98 Å². The number of nitrogen functional groups attached to an aromatic ring is 1. The van der Waals surface area contributed by atoms with E-state index in [9.17, 15) is 0 Å². The summed E-state index contributed by atoms with van der Waals surface area (Å²) in [4.78, 5) is 4.11. The maximum Gasteiger partial charge on any atom is 0.221 e. The average molecular weight is 235 g/mol. The van der Waals surface area contributed by atoms with Gasteiger partial charge in [-0.2, -0.15) is 0 Å². The van der Waals surface area contributed by atoms with Gasteiger partial charge in [0.15, 0.2) is 0 Å². The Morgan fingerprint density at radius 2 is 2.12 bits per heavy atom. The van der Waals surface area contributed by atoms with E-state index in [1.54, 1.807) is 13.3 Å². The molecular weight excluding hydrogens is 224 g/mol. The summed E-state index contributed by atoms with van der Waals surface area (Å²) in [5, 5.41) is 0.668. The van der Waals surface area contributed by atoms with Crippen molar-refractivity contribution in [2.75, 3.05) is 12.8 Å². The van der Waals surface area contributed by atoms with Crippen molar-refractivity contribution >= 4 is 17.3 Å². The van der Waals surface area contributed by atoms with Gasteiger partial charge >= 0.3 is 0 Å². The van der Waals surface area contributed by atoms with Crippen molar-refractivity contribution in [3.8, 4) is 17.0 Å². The van der Waals surface area contributed by atoms with Crippen molar-refractivity contribution in [3.63, 3.8) is 0 Å². The second-order valence-corrected chi connectivity index (χ2v) is 3.77. The van der Waals surface area contributed by atoms with Crippen molar-refractivity contribution in [3.05, 3.63) is 41.6 Å². The summed E-state index contributed by atoms with van der Waals surface area (Å²) >= 11 is 5.94. The molecule has 0 aliphatic carbocycles. The zero-order valence-electron chi connectivity index (χ0n) is 8.77. The van der Waals surface area contributed by atoms with Gasteiger partial charge in [-0.15, -0.1) is 0 Å². The summed E-state index contributed by atoms with van der Waals surface area (Å²) in [6.07, 6.45) is 1.56. The molecule has 0 spiro atoms. The van der Waals surface area contributed by atoms with Crippen molar-refractivity contribution in [2.24, 2.45) is 0 Å². The smallest absolute Gasteiger partial charge is 0.221 e. The van der Waals surface area contributed by atoms with E-state index in [4.69, 9.17) is 22.1 Å². The predicted octanol–water partition coefficient (Wildman–Crippen LogP) is 2.99. The van der Waals surface area contributed by atoms with Crippen LogP contribution in [-0.4, -0.2) is 12.1 Å². The van der Waals surface area contributed by atoms with Gasteiger partial charge in [0.25, 0.3) is 0 Å². The molecule has 2 N–H and O–H groups in total. The largest absolute Gasteiger partial charge is 0.481 e. The third-order valence-corrected chi connectivity index (χ3v) is 2.44. The van der Waals surface area contributed by atoms with Crippen LogP contribution in [0.2, 0.25) is 5.02 Å². The van der Waals surface area contributed by atoms with E-state index >= 15 is 0 Å². The van der Waals surface area contributed by atoms with Gasteiger partial charge in [0.2, 0.25) is 5.88 Å². The molecule has 82 valence electrons. The van der Waals surface area contributed by atoms with E-state index in [1.165, 1.54) is 0 Å². The Balaban J connectivity index is 2.58. The van der Waals surface area contributed by atoms with Gasteiger partial charge in [0.1, 0.15) is 0 Å². The molecule has 4 heteroatoms. The molecule has 0 radical (unpaired) electrons. The van der Waals surface area contributed by atoms with E-state index in [0.29, 0.717) is 16.6 Å². The fourth-order valence-corrected chi connectivity index (χ4v) is 1.68. The monoisotopic (exact) mass is 234 g/mol. The number of pyridine rings is 1. The average Bonchev–Trinajstić information content (AvgIpc) is 2.29. The molecule has 0 atom stereocenters. The first-order valence-corrected chi connectivity index (χ1v) is 5.14. The third-order valence-electron chi connectivity index (χ3n) is 2.20. The molecular formula is C12H11ClN2O. The lowest BCUT2D eigenvalue weighted by molar-refractivity contribution is 0.400. The maximum absolute atomic E-state index is 5.94. The Hall–Kier alpha value is -1.74. The normalized spacial score (nSPS) is 10.1. The van der Waals surface area contributed by atoms with Gasteiger partial charge in [-0.3, -0.25) is 0 Å². The highest BCUT2D eigenvalue weighted by Crippen LogP contribution is 2.30. The summed E-state index contributed by atoms with van der Waals surface area (Å²) in [5.74, 6) is 0.538. The van der Waals surface area contributed by atoms with Crippen LogP contribution in [0.4, 0.5) is 5.69 Å². The molecule has 0 aliphatic rings. The highest BCUT2D eigenvalue weighted by molar-refractivity contribution is 6.30. The van der Waals surface area contributed by atoms with Crippen molar-refractivity contribution in [2.45, 2.75) is 0 Å². The zero-order valence-corrected chi connectivity index (χ0v) is 9.53. The van der Waals surface area contributed by atoms with Gasteiger partial charge < -0.3 is 10.5 Å². The van der Waals surface area contributed by atoms with Crippen LogP contribution < -0.4 is 10.5 Å². The third kappa shape index (κ3) is 2.09. The SMILES string of the molecule is COc1ncc(N)cc1-c1cccc(Cl)c1. The molecule has 3 nitrogen and oxygen atoms in total. The van der Waals surface area contributed by atoms with Crippen LogP contribution in [0.5, 0.6) is 5.88 Å². The number of rotatable bonds is 2. The highest BCUT2D eigenvalue weighted by atomic mass is 35.5. The fraction of sp³-hybridized carbons (Fsp3) is 0.0833. The summed E-state index contributed by atoms with van der Waals surface area (Å²) < 4.78 is 5.18. The first kappa shape index (κ1) is 10.8. The molecule has 0 unspecified atom stereocenters. The molecule has 16 heavy (non-hydrogen) atoms. The first-order valence-electron chi connectivity index (χ1n) is 4.76. The maximum atomic E-state index is 5.94. The van der Waals surface area contributed by atoms with Crippen molar-refractivity contribution in [1.29, 1.82) is 0 Å². The highest BCUT2D eigenvalue weighted by Gasteiger charge is 2.07. The van der Waals surface area contributed by atoms with Gasteiger partial charge in [-0.05, 0) is 23.8 Å². The van der Waals surface area contributed by atoms with Crippen LogP contribution in [0, 0.1) is 0 Å². The lowest BCUT2D eigenvalue weighted by atomic mass is 10.1. The van der Waals surface area contributed by atoms with Crippen LogP contribution in [0.3, 0.4) is 0 Å². The van der Waals surface area contributed by atoms with E-state index in [-0.39, 0.29) is 0 Å². The Bertz CT molecular complexity index is 514. The zero-order chi connectivity index (χ0) is 11.5. The number of methoxy groups -OCH3 is 1. The summed E-state index contributed by atoms with van der Waals surface area (Å²) in [6, 6.07) is 9.29. The molecule has 2 rings (SSSR count). The number of hydrogen-bond acceptors (Lipinski definition) is 3. The molecule has 0 saturated carbocycles. The topological polar surface area (TPSA) is 48.1 Å². The molecule has 0 amide bonds. The molecule has 1 aromatic heterocycles. The quantitative estimate of drug-likeness (QED) is 0.869. The number of hydrogen-bond donors (Lipinski definition) is 1. The molecule has 0 fully saturated rings. The minimum atomic E-state index is 0.538. The standard InChI is InChI=1S/C12H11ClN2O/c1-16-12-11(6-10(14)7-15-12)8-3-2-4-9(13)5-8/h2-7H,14H2,1H3. The second-order valence-electron chi connectivity index (χ2n) is 3.34. The van der Waals surface area contributed by atoms with E-state index in [0.717, 1.165) is 11.1 Å². The first-order chi connectivity index (χ1) is 7.70. The Labute approximate surface area is 98.8 Å². The number of aromatic nitrogens is 1. The Kier molecular flexibility index (Phi) is 2.97. The van der Waals surface area contributed by atoms with Gasteiger partial charge in [-0.1, -0.05) is 23.7 Å². The van der Waals surface area contributed by atoms with E-state index in [1.807, 2.05) is 30.3 Å². The molecule has 2 aromatic rings. The minimum Gasteiger partial charge on any atom is -0.481 e. The fourth-order valence-electron chi connectivity index (χ4n) is 1.49. The van der Waals surface area contributed by atoms with Crippen LogP contribution in [-0.2, 0) is 0 Å². The number of nitrogens with two attached hydrogens (primary N) is 1. The number of nitrogens with zero attached hydrogens (tertiary/aromatic N) is 1. The number of halogens is 1. The number of ether oxygens (including phenoxy) is 1. The molecule has 1 aromatic carbocycles. The lowest BCUT2D eigenvalue weighted by Crippen LogP contribution is -1.94. The Morgan fingerprint density at radius 3 is 2.81 bits per heavy atom. The minimum absolute atomic E-state index is 0.538. The number of anilines is 1. The van der Waals surface area contributed by atoms with Gasteiger partial charge in [0, 0.05) is 10.6 Å². The van der Waals surface area contributed by atoms with Crippen LogP contribution in [0.15, 0.2) is 36.5 Å². The van der Waals surface area contributed by atoms with Crippen LogP contribution in [0.1, 0.15) is 0 Å². The molecule has 0 saturated heterocycles. The number of benzene rings is 1. The van der Waals surface area contributed by atoms with Crippen LogP contribution in [0.25, 0.3) is 11.1 Å². The second kappa shape index (κ2) is 4.41. The van der Waals surface area contributed by atoms with Crippen LogP contribution >= 0.6 is 11.6 Å². The lowest BCUT2D eigenvalue weighted by Gasteiger charge is -2.08. The van der Waals surface area contributed by atoms with Gasteiger partial charge in [-0.25, -0.2) is 4.98 Å². The molecule has 1 heterocycles. The van der Waals surface area contributed by atoms with Crippen molar-refractivity contribution in [1.82, 2.24) is 4.98 Å². The Morgan fingerprint density at radius 1 is 1.31 bits per heavy atom. The van der Waals surface area contributed by atoms with E-state index < -0.39 is 0 Å². The summed E-state index contributed by atoms with van der Waals surface area (Å²) in [7, 11) is 1.58. The van der Waals surface area contributed by atoms with Gasteiger partial charge in [0.05, 0.1) is 19.0 Å². The molecule has 0 bridgehead atoms. The predicted molar refractivity (Wildman–Crippen MR) is 65.6 cm³/mol. The molecule has 0 aliphatic heterocycles. The summed E-state index contributed by atoms with van der Waals surface area (Å²) in [5.41, 5.74) is 8.07. The summed E-state index contributed by atoms with van der Waals surface area (Å²) in [6.45, 7) is 0. The van der Waals surface area contributed by atoms with Crippen molar-refractivity contribution < 1.29 is 4.74 Å².